The molecule has 6 heteroatoms. The van der Waals surface area contributed by atoms with E-state index in [1.807, 2.05) is 24.3 Å². The van der Waals surface area contributed by atoms with Crippen molar-refractivity contribution in [2.45, 2.75) is 13.0 Å². The van der Waals surface area contributed by atoms with E-state index in [4.69, 9.17) is 16.6 Å². The first-order chi connectivity index (χ1) is 14.1. The molecule has 1 aromatic heterocycles. The monoisotopic (exact) mass is 407 g/mol. The number of benzene rings is 3. The molecule has 1 N–H and O–H groups in total. The summed E-state index contributed by atoms with van der Waals surface area (Å²) in [6.45, 7) is 1.01. The lowest BCUT2D eigenvalue weighted by Crippen LogP contribution is -2.26. The fourth-order valence-corrected chi connectivity index (χ4v) is 3.52. The van der Waals surface area contributed by atoms with Crippen molar-refractivity contribution in [2.24, 2.45) is 0 Å². The number of para-hydroxylation sites is 2. The second kappa shape index (κ2) is 8.45. The molecule has 1 heterocycles. The normalized spacial score (nSPS) is 11.0. The number of nitrogens with zero attached hydrogens (tertiary/aromatic N) is 2. The Bertz CT molecular complexity index is 1150. The predicted octanol–water partition coefficient (Wildman–Crippen LogP) is 4.85. The van der Waals surface area contributed by atoms with E-state index in [-0.39, 0.29) is 11.7 Å². The summed E-state index contributed by atoms with van der Waals surface area (Å²) >= 11 is 6.09. The Balaban J connectivity index is 1.53. The molecule has 146 valence electrons. The Hall–Kier alpha value is -3.18. The smallest absolute Gasteiger partial charge is 0.252 e. The summed E-state index contributed by atoms with van der Waals surface area (Å²) < 4.78 is 15.3. The first kappa shape index (κ1) is 19.2. The van der Waals surface area contributed by atoms with E-state index in [2.05, 4.69) is 9.88 Å². The van der Waals surface area contributed by atoms with Crippen molar-refractivity contribution < 1.29 is 9.18 Å². The van der Waals surface area contributed by atoms with Gasteiger partial charge in [0.25, 0.3) is 5.91 Å². The largest absolute Gasteiger partial charge is 0.352 e. The average molecular weight is 408 g/mol. The first-order valence-corrected chi connectivity index (χ1v) is 9.71. The van der Waals surface area contributed by atoms with Gasteiger partial charge in [0.2, 0.25) is 0 Å². The minimum Gasteiger partial charge on any atom is -0.352 e. The fraction of sp³-hybridized carbons (Fsp3) is 0.130. The summed E-state index contributed by atoms with van der Waals surface area (Å²) in [5, 5.41) is 3.33. The molecule has 0 radical (unpaired) electrons. The van der Waals surface area contributed by atoms with E-state index in [0.717, 1.165) is 22.4 Å². The number of rotatable bonds is 6. The van der Waals surface area contributed by atoms with Crippen molar-refractivity contribution in [1.29, 1.82) is 0 Å². The molecule has 0 saturated carbocycles. The molecule has 0 atom stereocenters. The first-order valence-electron chi connectivity index (χ1n) is 9.33. The molecule has 3 aromatic carbocycles. The van der Waals surface area contributed by atoms with Crippen LogP contribution in [0.5, 0.6) is 0 Å². The van der Waals surface area contributed by atoms with E-state index in [1.165, 1.54) is 12.1 Å². The summed E-state index contributed by atoms with van der Waals surface area (Å²) in [6, 6.07) is 21.3. The van der Waals surface area contributed by atoms with E-state index >= 15 is 0 Å². The molecule has 0 aliphatic rings. The molecular weight excluding hydrogens is 389 g/mol. The van der Waals surface area contributed by atoms with Gasteiger partial charge in [0, 0.05) is 19.5 Å². The Morgan fingerprint density at radius 1 is 1.00 bits per heavy atom. The van der Waals surface area contributed by atoms with Gasteiger partial charge >= 0.3 is 0 Å². The maximum Gasteiger partial charge on any atom is 0.252 e. The minimum absolute atomic E-state index is 0.211. The third-order valence-electron chi connectivity index (χ3n) is 4.74. The van der Waals surface area contributed by atoms with Gasteiger partial charge in [0.15, 0.2) is 0 Å². The number of nitrogens with one attached hydrogen (secondary N) is 1. The van der Waals surface area contributed by atoms with Gasteiger partial charge in [-0.05, 0) is 42.0 Å². The minimum atomic E-state index is -0.258. The zero-order chi connectivity index (χ0) is 20.2. The van der Waals surface area contributed by atoms with Gasteiger partial charge in [-0.3, -0.25) is 4.79 Å². The molecule has 0 saturated heterocycles. The van der Waals surface area contributed by atoms with Gasteiger partial charge in [-0.25, -0.2) is 9.37 Å². The number of hydrogen-bond acceptors (Lipinski definition) is 2. The van der Waals surface area contributed by atoms with Gasteiger partial charge < -0.3 is 9.88 Å². The van der Waals surface area contributed by atoms with Crippen molar-refractivity contribution in [3.8, 4) is 0 Å². The van der Waals surface area contributed by atoms with Crippen LogP contribution in [0.25, 0.3) is 11.0 Å². The highest BCUT2D eigenvalue weighted by molar-refractivity contribution is 6.33. The van der Waals surface area contributed by atoms with Crippen LogP contribution in [0.1, 0.15) is 21.7 Å². The SMILES string of the molecule is O=C(NCCc1nc2ccccc2n1Cc1ccc(F)cc1)c1ccccc1Cl. The molecule has 0 unspecified atom stereocenters. The Kier molecular flexibility index (Phi) is 5.58. The lowest BCUT2D eigenvalue weighted by molar-refractivity contribution is 0.0954. The molecule has 1 amide bonds. The van der Waals surface area contributed by atoms with Crippen LogP contribution in [0.15, 0.2) is 72.8 Å². The van der Waals surface area contributed by atoms with Crippen LogP contribution in [0.3, 0.4) is 0 Å². The third-order valence-corrected chi connectivity index (χ3v) is 5.07. The maximum absolute atomic E-state index is 13.2. The van der Waals surface area contributed by atoms with Crippen LogP contribution >= 0.6 is 11.6 Å². The second-order valence-electron chi connectivity index (χ2n) is 6.72. The standard InChI is InChI=1S/C23H19ClFN3O/c24-19-6-2-1-5-18(19)23(29)26-14-13-22-27-20-7-3-4-8-21(20)28(22)15-16-9-11-17(25)12-10-16/h1-12H,13-15H2,(H,26,29). The quantitative estimate of drug-likeness (QED) is 0.496. The summed E-state index contributed by atoms with van der Waals surface area (Å²) in [6.07, 6.45) is 0.562. The number of imidazole rings is 1. The lowest BCUT2D eigenvalue weighted by atomic mass is 10.2. The third kappa shape index (κ3) is 4.30. The highest BCUT2D eigenvalue weighted by Crippen LogP contribution is 2.19. The summed E-state index contributed by atoms with van der Waals surface area (Å²) in [5.74, 6) is 0.388. The van der Waals surface area contributed by atoms with Crippen LogP contribution in [-0.2, 0) is 13.0 Å². The Labute approximate surface area is 173 Å². The van der Waals surface area contributed by atoms with Crippen molar-refractivity contribution in [3.63, 3.8) is 0 Å². The number of amides is 1. The van der Waals surface area contributed by atoms with Crippen molar-refractivity contribution in [1.82, 2.24) is 14.9 Å². The summed E-state index contributed by atoms with van der Waals surface area (Å²) in [4.78, 5) is 17.1. The second-order valence-corrected chi connectivity index (χ2v) is 7.12. The van der Waals surface area contributed by atoms with Crippen LogP contribution in [0.4, 0.5) is 4.39 Å². The van der Waals surface area contributed by atoms with E-state index < -0.39 is 0 Å². The van der Waals surface area contributed by atoms with E-state index in [9.17, 15) is 9.18 Å². The highest BCUT2D eigenvalue weighted by atomic mass is 35.5. The summed E-state index contributed by atoms with van der Waals surface area (Å²) in [5.41, 5.74) is 3.33. The average Bonchev–Trinajstić information content (AvgIpc) is 3.07. The van der Waals surface area contributed by atoms with Gasteiger partial charge in [-0.15, -0.1) is 0 Å². The van der Waals surface area contributed by atoms with E-state index in [1.54, 1.807) is 36.4 Å². The highest BCUT2D eigenvalue weighted by Gasteiger charge is 2.13. The van der Waals surface area contributed by atoms with Gasteiger partial charge in [0.1, 0.15) is 11.6 Å². The fourth-order valence-electron chi connectivity index (χ4n) is 3.29. The van der Waals surface area contributed by atoms with E-state index in [0.29, 0.717) is 30.1 Å². The van der Waals surface area contributed by atoms with Crippen LogP contribution in [0.2, 0.25) is 5.02 Å². The molecule has 0 bridgehead atoms. The molecule has 4 nitrogen and oxygen atoms in total. The molecule has 0 spiro atoms. The molecular formula is C23H19ClFN3O. The van der Waals surface area contributed by atoms with Crippen LogP contribution in [0, 0.1) is 5.82 Å². The number of halogens is 2. The number of carbonyl (C=O) groups excluding carboxylic acids is 1. The Morgan fingerprint density at radius 3 is 2.52 bits per heavy atom. The molecule has 29 heavy (non-hydrogen) atoms. The summed E-state index contributed by atoms with van der Waals surface area (Å²) in [7, 11) is 0. The Morgan fingerprint density at radius 2 is 1.72 bits per heavy atom. The van der Waals surface area contributed by atoms with Gasteiger partial charge in [0.05, 0.1) is 21.6 Å². The van der Waals surface area contributed by atoms with Crippen molar-refractivity contribution in [3.05, 3.63) is 101 Å². The molecule has 0 fully saturated rings. The molecule has 0 aliphatic heterocycles. The van der Waals surface area contributed by atoms with Gasteiger partial charge in [-0.1, -0.05) is 48.0 Å². The predicted molar refractivity (Wildman–Crippen MR) is 113 cm³/mol. The van der Waals surface area contributed by atoms with Crippen molar-refractivity contribution >= 4 is 28.5 Å². The lowest BCUT2D eigenvalue weighted by Gasteiger charge is -2.11. The number of carbonyl (C=O) groups is 1. The molecule has 4 aromatic rings. The maximum atomic E-state index is 13.2. The van der Waals surface area contributed by atoms with Gasteiger partial charge in [-0.2, -0.15) is 0 Å². The number of hydrogen-bond donors (Lipinski definition) is 1. The zero-order valence-electron chi connectivity index (χ0n) is 15.6. The zero-order valence-corrected chi connectivity index (χ0v) is 16.4. The number of fused-ring (bicyclic) bond motifs is 1. The van der Waals surface area contributed by atoms with Crippen LogP contribution in [-0.4, -0.2) is 22.0 Å². The topological polar surface area (TPSA) is 46.9 Å². The molecule has 0 aliphatic carbocycles. The molecule has 4 rings (SSSR count). The number of aromatic nitrogens is 2. The van der Waals surface area contributed by atoms with Crippen LogP contribution < -0.4 is 5.32 Å². The van der Waals surface area contributed by atoms with Crippen molar-refractivity contribution in [2.75, 3.05) is 6.54 Å².